The van der Waals surface area contributed by atoms with E-state index in [0.717, 1.165) is 16.7 Å². The molecule has 0 N–H and O–H groups in total. The normalized spacial score (nSPS) is 27.4. The van der Waals surface area contributed by atoms with Gasteiger partial charge in [0.05, 0.1) is 0 Å². The third-order valence-electron chi connectivity index (χ3n) is 4.23. The van der Waals surface area contributed by atoms with Crippen LogP contribution < -0.4 is 0 Å². The van der Waals surface area contributed by atoms with Gasteiger partial charge in [-0.15, -0.1) is 0 Å². The highest BCUT2D eigenvalue weighted by molar-refractivity contribution is 9.09. The van der Waals surface area contributed by atoms with Gasteiger partial charge < -0.3 is 0 Å². The summed E-state index contributed by atoms with van der Waals surface area (Å²) < 4.78 is 0. The molecule has 1 aromatic rings. The van der Waals surface area contributed by atoms with E-state index in [1.165, 1.54) is 43.6 Å². The second-order valence-electron chi connectivity index (χ2n) is 5.54. The highest BCUT2D eigenvalue weighted by Crippen LogP contribution is 2.41. The van der Waals surface area contributed by atoms with Gasteiger partial charge >= 0.3 is 0 Å². The first-order valence-corrected chi connectivity index (χ1v) is 9.65. The van der Waals surface area contributed by atoms with Crippen LogP contribution in [0.4, 0.5) is 0 Å². The molecule has 0 aromatic heterocycles. The maximum Gasteiger partial charge on any atom is 0.0174 e. The Kier molecular flexibility index (Phi) is 6.79. The minimum Gasteiger partial charge on any atom is -0.162 e. The molecule has 0 amide bonds. The molecule has 0 saturated heterocycles. The van der Waals surface area contributed by atoms with E-state index >= 15 is 0 Å². The molecule has 1 saturated carbocycles. The van der Waals surface area contributed by atoms with Crippen LogP contribution in [-0.4, -0.2) is 16.3 Å². The van der Waals surface area contributed by atoms with Crippen molar-refractivity contribution in [2.75, 3.05) is 11.5 Å². The van der Waals surface area contributed by atoms with Gasteiger partial charge in [-0.2, -0.15) is 11.8 Å². The lowest BCUT2D eigenvalue weighted by atomic mass is 9.76. The van der Waals surface area contributed by atoms with Crippen LogP contribution >= 0.6 is 27.7 Å². The smallest absolute Gasteiger partial charge is 0.0174 e. The van der Waals surface area contributed by atoms with E-state index in [1.54, 1.807) is 5.56 Å². The summed E-state index contributed by atoms with van der Waals surface area (Å²) in [5.74, 6) is 4.26. The van der Waals surface area contributed by atoms with E-state index in [4.69, 9.17) is 0 Å². The lowest BCUT2D eigenvalue weighted by Gasteiger charge is -2.33. The minimum absolute atomic E-state index is 0.749. The molecular weight excluding hydrogens is 316 g/mol. The summed E-state index contributed by atoms with van der Waals surface area (Å²) in [4.78, 5) is 0.749. The predicted octanol–water partition coefficient (Wildman–Crippen LogP) is 5.87. The molecule has 3 unspecified atom stereocenters. The molecule has 2 rings (SSSR count). The maximum absolute atomic E-state index is 3.92. The SMILES string of the molecule is CCSCCCC1CC(c2ccccc2)CCC1Br. The van der Waals surface area contributed by atoms with Gasteiger partial charge in [-0.3, -0.25) is 0 Å². The van der Waals surface area contributed by atoms with Crippen molar-refractivity contribution >= 4 is 27.7 Å². The van der Waals surface area contributed by atoms with E-state index in [9.17, 15) is 0 Å². The molecule has 1 aliphatic carbocycles. The number of hydrogen-bond acceptors (Lipinski definition) is 1. The predicted molar refractivity (Wildman–Crippen MR) is 91.5 cm³/mol. The number of halogens is 1. The molecule has 1 fully saturated rings. The van der Waals surface area contributed by atoms with Crippen LogP contribution in [-0.2, 0) is 0 Å². The Morgan fingerprint density at radius 2 is 2.00 bits per heavy atom. The summed E-state index contributed by atoms with van der Waals surface area (Å²) in [6.07, 6.45) is 6.83. The first-order chi connectivity index (χ1) is 9.31. The van der Waals surface area contributed by atoms with Gasteiger partial charge in [0.2, 0.25) is 0 Å². The molecule has 19 heavy (non-hydrogen) atoms. The summed E-state index contributed by atoms with van der Waals surface area (Å²) in [5, 5.41) is 0. The molecule has 0 aliphatic heterocycles. The van der Waals surface area contributed by atoms with Crippen molar-refractivity contribution in [3.8, 4) is 0 Å². The monoisotopic (exact) mass is 340 g/mol. The van der Waals surface area contributed by atoms with Gasteiger partial charge in [-0.05, 0) is 61.0 Å². The van der Waals surface area contributed by atoms with Crippen LogP contribution in [0.25, 0.3) is 0 Å². The Morgan fingerprint density at radius 3 is 2.74 bits per heavy atom. The molecule has 0 spiro atoms. The summed E-state index contributed by atoms with van der Waals surface area (Å²) in [5.41, 5.74) is 1.55. The lowest BCUT2D eigenvalue weighted by Crippen LogP contribution is -2.24. The van der Waals surface area contributed by atoms with Crippen LogP contribution in [0.15, 0.2) is 30.3 Å². The highest BCUT2D eigenvalue weighted by atomic mass is 79.9. The minimum atomic E-state index is 0.749. The van der Waals surface area contributed by atoms with Gasteiger partial charge in [-0.1, -0.05) is 53.2 Å². The number of rotatable bonds is 6. The van der Waals surface area contributed by atoms with Gasteiger partial charge in [0.1, 0.15) is 0 Å². The Bertz CT molecular complexity index is 352. The zero-order valence-electron chi connectivity index (χ0n) is 11.9. The second-order valence-corrected chi connectivity index (χ2v) is 8.11. The Hall–Kier alpha value is 0.0500. The standard InChI is InChI=1S/C17H25BrS/c1-2-19-12-6-9-16-13-15(10-11-17(16)18)14-7-4-3-5-8-14/h3-5,7-8,15-17H,2,6,9-13H2,1H3. The maximum atomic E-state index is 3.92. The van der Waals surface area contributed by atoms with Crippen LogP contribution in [0.1, 0.15) is 50.5 Å². The number of hydrogen-bond donors (Lipinski definition) is 0. The van der Waals surface area contributed by atoms with Crippen LogP contribution in [0.5, 0.6) is 0 Å². The summed E-state index contributed by atoms with van der Waals surface area (Å²) >= 11 is 6.00. The van der Waals surface area contributed by atoms with Crippen molar-refractivity contribution in [2.45, 2.75) is 49.8 Å². The zero-order chi connectivity index (χ0) is 13.5. The Balaban J connectivity index is 1.85. The molecule has 0 radical (unpaired) electrons. The number of alkyl halides is 1. The van der Waals surface area contributed by atoms with Crippen molar-refractivity contribution in [2.24, 2.45) is 5.92 Å². The number of benzene rings is 1. The Labute approximate surface area is 130 Å². The zero-order valence-corrected chi connectivity index (χ0v) is 14.3. The molecule has 0 heterocycles. The average Bonchev–Trinajstić information content (AvgIpc) is 2.46. The van der Waals surface area contributed by atoms with E-state index in [1.807, 2.05) is 0 Å². The van der Waals surface area contributed by atoms with Crippen molar-refractivity contribution in [1.29, 1.82) is 0 Å². The fourth-order valence-corrected chi connectivity index (χ4v) is 4.55. The second kappa shape index (κ2) is 8.36. The fraction of sp³-hybridized carbons (Fsp3) is 0.647. The quantitative estimate of drug-likeness (QED) is 0.461. The summed E-state index contributed by atoms with van der Waals surface area (Å²) in [7, 11) is 0. The van der Waals surface area contributed by atoms with E-state index in [0.29, 0.717) is 0 Å². The molecular formula is C17H25BrS. The van der Waals surface area contributed by atoms with Crippen molar-refractivity contribution in [3.63, 3.8) is 0 Å². The van der Waals surface area contributed by atoms with E-state index < -0.39 is 0 Å². The van der Waals surface area contributed by atoms with Gasteiger partial charge in [0.15, 0.2) is 0 Å². The first-order valence-electron chi connectivity index (χ1n) is 7.58. The fourth-order valence-electron chi connectivity index (χ4n) is 3.15. The van der Waals surface area contributed by atoms with Crippen molar-refractivity contribution in [1.82, 2.24) is 0 Å². The van der Waals surface area contributed by atoms with Crippen LogP contribution in [0.2, 0.25) is 0 Å². The average molecular weight is 341 g/mol. The highest BCUT2D eigenvalue weighted by Gasteiger charge is 2.29. The third kappa shape index (κ3) is 4.82. The third-order valence-corrected chi connectivity index (χ3v) is 6.42. The van der Waals surface area contributed by atoms with Gasteiger partial charge in [-0.25, -0.2) is 0 Å². The van der Waals surface area contributed by atoms with E-state index in [-0.39, 0.29) is 0 Å². The van der Waals surface area contributed by atoms with Crippen molar-refractivity contribution in [3.05, 3.63) is 35.9 Å². The first kappa shape index (κ1) is 15.4. The number of thioether (sulfide) groups is 1. The molecule has 106 valence electrons. The van der Waals surface area contributed by atoms with Crippen LogP contribution in [0.3, 0.4) is 0 Å². The lowest BCUT2D eigenvalue weighted by molar-refractivity contribution is 0.319. The Morgan fingerprint density at radius 1 is 1.21 bits per heavy atom. The van der Waals surface area contributed by atoms with E-state index in [2.05, 4.69) is 64.9 Å². The molecule has 2 heteroatoms. The van der Waals surface area contributed by atoms with Crippen LogP contribution in [0, 0.1) is 5.92 Å². The largest absolute Gasteiger partial charge is 0.162 e. The molecule has 3 atom stereocenters. The molecule has 0 nitrogen and oxygen atoms in total. The van der Waals surface area contributed by atoms with Crippen molar-refractivity contribution < 1.29 is 0 Å². The summed E-state index contributed by atoms with van der Waals surface area (Å²) in [6, 6.07) is 11.1. The summed E-state index contributed by atoms with van der Waals surface area (Å²) in [6.45, 7) is 2.25. The molecule has 1 aromatic carbocycles. The van der Waals surface area contributed by atoms with Gasteiger partial charge in [0.25, 0.3) is 0 Å². The molecule has 1 aliphatic rings. The molecule has 0 bridgehead atoms. The topological polar surface area (TPSA) is 0 Å². The van der Waals surface area contributed by atoms with Gasteiger partial charge in [0, 0.05) is 4.83 Å².